The van der Waals surface area contributed by atoms with Gasteiger partial charge in [-0.3, -0.25) is 0 Å². The van der Waals surface area contributed by atoms with Crippen molar-refractivity contribution in [2.75, 3.05) is 5.32 Å². The molecule has 0 aliphatic carbocycles. The first-order valence-electron chi connectivity index (χ1n) is 4.64. The van der Waals surface area contributed by atoms with Crippen molar-refractivity contribution >= 4 is 27.6 Å². The zero-order valence-electron chi connectivity index (χ0n) is 8.48. The number of nitrogens with zero attached hydrogens (tertiary/aromatic N) is 3. The molecule has 1 aromatic carbocycles. The number of hydrogen-bond acceptors (Lipinski definition) is 4. The molecule has 0 fully saturated rings. The Bertz CT molecular complexity index is 594. The fourth-order valence-electron chi connectivity index (χ4n) is 1.19. The predicted molar refractivity (Wildman–Crippen MR) is 64.1 cm³/mol. The van der Waals surface area contributed by atoms with Gasteiger partial charge in [-0.2, -0.15) is 5.26 Å². The third-order valence-electron chi connectivity index (χ3n) is 1.95. The second-order valence-electron chi connectivity index (χ2n) is 3.13. The number of aromatic nitrogens is 2. The Morgan fingerprint density at radius 3 is 2.94 bits per heavy atom. The third-order valence-corrected chi connectivity index (χ3v) is 2.64. The molecule has 84 valence electrons. The van der Waals surface area contributed by atoms with Crippen LogP contribution >= 0.6 is 15.9 Å². The van der Waals surface area contributed by atoms with Crippen LogP contribution in [0.5, 0.6) is 0 Å². The van der Waals surface area contributed by atoms with Gasteiger partial charge in [0.2, 0.25) is 5.95 Å². The van der Waals surface area contributed by atoms with Crippen molar-refractivity contribution in [1.82, 2.24) is 9.97 Å². The van der Waals surface area contributed by atoms with Crippen molar-refractivity contribution < 1.29 is 4.39 Å². The fourth-order valence-corrected chi connectivity index (χ4v) is 1.54. The van der Waals surface area contributed by atoms with Crippen molar-refractivity contribution in [1.29, 1.82) is 5.26 Å². The van der Waals surface area contributed by atoms with E-state index in [9.17, 15) is 4.39 Å². The molecular formula is C11H6BrFN4. The van der Waals surface area contributed by atoms with Crippen LogP contribution in [-0.4, -0.2) is 9.97 Å². The van der Waals surface area contributed by atoms with E-state index in [2.05, 4.69) is 31.2 Å². The predicted octanol–water partition coefficient (Wildman–Crippen LogP) is 2.99. The summed E-state index contributed by atoms with van der Waals surface area (Å²) in [5, 5.41) is 11.5. The van der Waals surface area contributed by atoms with Gasteiger partial charge in [0.05, 0.1) is 5.69 Å². The quantitative estimate of drug-likeness (QED) is 0.924. The van der Waals surface area contributed by atoms with Crippen LogP contribution in [0.1, 0.15) is 5.69 Å². The molecule has 0 unspecified atom stereocenters. The van der Waals surface area contributed by atoms with Gasteiger partial charge in [-0.15, -0.1) is 0 Å². The topological polar surface area (TPSA) is 61.6 Å². The monoisotopic (exact) mass is 292 g/mol. The Morgan fingerprint density at radius 1 is 1.35 bits per heavy atom. The molecule has 0 aliphatic rings. The van der Waals surface area contributed by atoms with Gasteiger partial charge >= 0.3 is 0 Å². The zero-order chi connectivity index (χ0) is 12.3. The maximum Gasteiger partial charge on any atom is 0.228 e. The summed E-state index contributed by atoms with van der Waals surface area (Å²) < 4.78 is 13.7. The highest BCUT2D eigenvalue weighted by Crippen LogP contribution is 2.25. The molecule has 2 aromatic rings. The number of rotatable bonds is 2. The maximum atomic E-state index is 13.0. The third kappa shape index (κ3) is 2.77. The van der Waals surface area contributed by atoms with Crippen molar-refractivity contribution in [3.63, 3.8) is 0 Å². The van der Waals surface area contributed by atoms with E-state index in [1.165, 1.54) is 24.4 Å². The van der Waals surface area contributed by atoms with Crippen LogP contribution in [-0.2, 0) is 0 Å². The van der Waals surface area contributed by atoms with E-state index in [4.69, 9.17) is 5.26 Å². The molecule has 6 heteroatoms. The Kier molecular flexibility index (Phi) is 3.30. The molecule has 2 rings (SSSR count). The highest BCUT2D eigenvalue weighted by molar-refractivity contribution is 9.10. The number of halogens is 2. The minimum absolute atomic E-state index is 0.245. The Labute approximate surface area is 105 Å². The van der Waals surface area contributed by atoms with Gasteiger partial charge in [0.1, 0.15) is 17.6 Å². The Hall–Kier alpha value is -2.00. The Morgan fingerprint density at radius 2 is 2.18 bits per heavy atom. The molecule has 17 heavy (non-hydrogen) atoms. The summed E-state index contributed by atoms with van der Waals surface area (Å²) in [6.45, 7) is 0. The molecule has 1 heterocycles. The average Bonchev–Trinajstić information content (AvgIpc) is 2.34. The number of benzene rings is 1. The molecule has 0 saturated carbocycles. The molecule has 0 aliphatic heterocycles. The normalized spacial score (nSPS) is 9.71. The van der Waals surface area contributed by atoms with Gasteiger partial charge in [-0.1, -0.05) is 0 Å². The molecule has 0 saturated heterocycles. The highest BCUT2D eigenvalue weighted by Gasteiger charge is 2.04. The minimum Gasteiger partial charge on any atom is -0.323 e. The fraction of sp³-hybridized carbons (Fsp3) is 0. The van der Waals surface area contributed by atoms with Gasteiger partial charge in [0.25, 0.3) is 0 Å². The standard InChI is InChI=1S/C11H6BrFN4/c12-9-2-1-7(13)5-10(9)17-11-15-4-3-8(6-14)16-11/h1-5H,(H,15,16,17). The van der Waals surface area contributed by atoms with Crippen molar-refractivity contribution in [2.45, 2.75) is 0 Å². The van der Waals surface area contributed by atoms with Gasteiger partial charge < -0.3 is 5.32 Å². The molecule has 0 bridgehead atoms. The minimum atomic E-state index is -0.368. The summed E-state index contributed by atoms with van der Waals surface area (Å²) in [4.78, 5) is 7.87. The molecule has 0 amide bonds. The van der Waals surface area contributed by atoms with E-state index in [1.807, 2.05) is 6.07 Å². The van der Waals surface area contributed by atoms with Crippen LogP contribution in [0.15, 0.2) is 34.9 Å². The van der Waals surface area contributed by atoms with Gasteiger partial charge in [-0.25, -0.2) is 14.4 Å². The lowest BCUT2D eigenvalue weighted by atomic mass is 10.3. The maximum absolute atomic E-state index is 13.0. The molecule has 1 N–H and O–H groups in total. The first-order chi connectivity index (χ1) is 8.19. The highest BCUT2D eigenvalue weighted by atomic mass is 79.9. The van der Waals surface area contributed by atoms with Crippen LogP contribution in [0, 0.1) is 17.1 Å². The van der Waals surface area contributed by atoms with Gasteiger partial charge in [0, 0.05) is 10.7 Å². The molecule has 0 radical (unpaired) electrons. The van der Waals surface area contributed by atoms with Crippen LogP contribution in [0.4, 0.5) is 16.0 Å². The van der Waals surface area contributed by atoms with Crippen LogP contribution < -0.4 is 5.32 Å². The largest absolute Gasteiger partial charge is 0.323 e. The lowest BCUT2D eigenvalue weighted by molar-refractivity contribution is 0.628. The van der Waals surface area contributed by atoms with Gasteiger partial charge in [0.15, 0.2) is 0 Å². The average molecular weight is 293 g/mol. The van der Waals surface area contributed by atoms with E-state index in [-0.39, 0.29) is 17.5 Å². The molecule has 1 aromatic heterocycles. The van der Waals surface area contributed by atoms with E-state index < -0.39 is 0 Å². The summed E-state index contributed by atoms with van der Waals surface area (Å²) in [6, 6.07) is 7.62. The summed E-state index contributed by atoms with van der Waals surface area (Å²) in [5.41, 5.74) is 0.745. The molecule has 4 nitrogen and oxygen atoms in total. The number of nitriles is 1. The van der Waals surface area contributed by atoms with Crippen LogP contribution in [0.25, 0.3) is 0 Å². The number of nitrogens with one attached hydrogen (secondary N) is 1. The Balaban J connectivity index is 2.31. The summed E-state index contributed by atoms with van der Waals surface area (Å²) in [6.07, 6.45) is 1.46. The zero-order valence-corrected chi connectivity index (χ0v) is 10.1. The smallest absolute Gasteiger partial charge is 0.228 e. The lowest BCUT2D eigenvalue weighted by Gasteiger charge is -2.06. The summed E-state index contributed by atoms with van der Waals surface area (Å²) >= 11 is 3.27. The lowest BCUT2D eigenvalue weighted by Crippen LogP contribution is -1.99. The first-order valence-corrected chi connectivity index (χ1v) is 5.43. The molecule has 0 spiro atoms. The van der Waals surface area contributed by atoms with Crippen LogP contribution in [0.3, 0.4) is 0 Å². The SMILES string of the molecule is N#Cc1ccnc(Nc2cc(F)ccc2Br)n1. The van der Waals surface area contributed by atoms with Crippen molar-refractivity contribution in [3.8, 4) is 6.07 Å². The van der Waals surface area contributed by atoms with Crippen molar-refractivity contribution in [2.24, 2.45) is 0 Å². The second kappa shape index (κ2) is 4.89. The van der Waals surface area contributed by atoms with Gasteiger partial charge in [-0.05, 0) is 40.2 Å². The number of anilines is 2. The van der Waals surface area contributed by atoms with E-state index >= 15 is 0 Å². The number of hydrogen-bond donors (Lipinski definition) is 1. The van der Waals surface area contributed by atoms with Crippen LogP contribution in [0.2, 0.25) is 0 Å². The summed E-state index contributed by atoms with van der Waals surface area (Å²) in [5.74, 6) is -0.123. The summed E-state index contributed by atoms with van der Waals surface area (Å²) in [7, 11) is 0. The van der Waals surface area contributed by atoms with Crippen molar-refractivity contribution in [3.05, 3.63) is 46.4 Å². The van der Waals surface area contributed by atoms with E-state index in [0.717, 1.165) is 0 Å². The second-order valence-corrected chi connectivity index (χ2v) is 3.98. The van der Waals surface area contributed by atoms with E-state index in [1.54, 1.807) is 6.07 Å². The molecule has 0 atom stereocenters. The van der Waals surface area contributed by atoms with E-state index in [0.29, 0.717) is 10.2 Å². The first kappa shape index (κ1) is 11.5. The molecular weight excluding hydrogens is 287 g/mol.